The summed E-state index contributed by atoms with van der Waals surface area (Å²) >= 11 is 0. The molecule has 1 aliphatic carbocycles. The molecule has 8 heteroatoms. The molecule has 2 aromatic rings. The number of benzene rings is 2. The van der Waals surface area contributed by atoms with E-state index in [1.165, 1.54) is 30.7 Å². The van der Waals surface area contributed by atoms with Gasteiger partial charge in [-0.15, -0.1) is 0 Å². The van der Waals surface area contributed by atoms with Gasteiger partial charge in [0.1, 0.15) is 17.9 Å². The monoisotopic (exact) mass is 539 g/mol. The summed E-state index contributed by atoms with van der Waals surface area (Å²) in [6.45, 7) is 10.5. The molecule has 0 amide bonds. The Kier molecular flexibility index (Phi) is 11.1. The number of nitrogens with zero attached hydrogens (tertiary/aromatic N) is 4. The number of hydrogen-bond donors (Lipinski definition) is 1. The van der Waals surface area contributed by atoms with E-state index in [4.69, 9.17) is 11.0 Å². The van der Waals surface area contributed by atoms with Crippen LogP contribution in [0, 0.1) is 28.9 Å². The second kappa shape index (κ2) is 14.1. The Morgan fingerprint density at radius 3 is 1.92 bits per heavy atom. The maximum Gasteiger partial charge on any atom is 0.137 e. The molecule has 3 aliphatic rings. The summed E-state index contributed by atoms with van der Waals surface area (Å²) in [4.78, 5) is 17.7. The van der Waals surface area contributed by atoms with Crippen LogP contribution >= 0.6 is 0 Å². The molecule has 6 nitrogen and oxygen atoms in total. The lowest BCUT2D eigenvalue weighted by molar-refractivity contribution is -0.109. The van der Waals surface area contributed by atoms with Crippen molar-refractivity contribution < 1.29 is 13.6 Å². The van der Waals surface area contributed by atoms with Crippen molar-refractivity contribution in [2.45, 2.75) is 76.8 Å². The summed E-state index contributed by atoms with van der Waals surface area (Å²) in [6, 6.07) is 16.2. The third-order valence-corrected chi connectivity index (χ3v) is 8.11. The zero-order valence-corrected chi connectivity index (χ0v) is 23.8. The predicted molar refractivity (Wildman–Crippen MR) is 151 cm³/mol. The van der Waals surface area contributed by atoms with Gasteiger partial charge in [0, 0.05) is 37.8 Å². The first-order valence-electron chi connectivity index (χ1n) is 14.0. The number of hydrogen-bond acceptors (Lipinski definition) is 6. The van der Waals surface area contributed by atoms with Crippen LogP contribution in [0.15, 0.2) is 48.5 Å². The van der Waals surface area contributed by atoms with E-state index in [9.17, 15) is 13.6 Å². The van der Waals surface area contributed by atoms with E-state index in [0.717, 1.165) is 42.8 Å². The molecule has 3 fully saturated rings. The van der Waals surface area contributed by atoms with E-state index in [2.05, 4.69) is 27.7 Å². The van der Waals surface area contributed by atoms with Gasteiger partial charge < -0.3 is 10.5 Å². The summed E-state index contributed by atoms with van der Waals surface area (Å²) in [5.74, 6) is 0.267. The van der Waals surface area contributed by atoms with Crippen LogP contribution in [0.4, 0.5) is 8.78 Å². The maximum atomic E-state index is 13.4. The molecule has 2 aromatic carbocycles. The van der Waals surface area contributed by atoms with Crippen LogP contribution in [0.1, 0.15) is 57.7 Å². The molecule has 2 saturated heterocycles. The molecule has 1 saturated carbocycles. The molecule has 2 heterocycles. The molecular weight excluding hydrogens is 496 g/mol. The van der Waals surface area contributed by atoms with Crippen molar-refractivity contribution >= 4 is 6.29 Å². The normalized spacial score (nSPS) is 25.3. The molecule has 0 spiro atoms. The molecule has 0 radical (unpaired) electrons. The number of carbonyl (C=O) groups excluding carboxylic acids is 1. The Hall–Kier alpha value is -2.70. The molecule has 39 heavy (non-hydrogen) atoms. The van der Waals surface area contributed by atoms with Gasteiger partial charge in [0.05, 0.1) is 24.2 Å². The number of halogens is 2. The van der Waals surface area contributed by atoms with Crippen molar-refractivity contribution in [1.29, 1.82) is 5.26 Å². The van der Waals surface area contributed by atoms with Gasteiger partial charge in [-0.2, -0.15) is 5.26 Å². The Morgan fingerprint density at radius 2 is 1.54 bits per heavy atom. The molecule has 5 rings (SSSR count). The Balaban J connectivity index is 0.000000294. The van der Waals surface area contributed by atoms with Crippen molar-refractivity contribution in [1.82, 2.24) is 14.7 Å². The lowest BCUT2D eigenvalue weighted by Gasteiger charge is -2.39. The smallest absolute Gasteiger partial charge is 0.137 e. The van der Waals surface area contributed by atoms with Crippen LogP contribution in [0.2, 0.25) is 0 Å². The van der Waals surface area contributed by atoms with Gasteiger partial charge >= 0.3 is 0 Å². The summed E-state index contributed by atoms with van der Waals surface area (Å²) in [5, 5.41) is 8.58. The quantitative estimate of drug-likeness (QED) is 0.494. The van der Waals surface area contributed by atoms with Gasteiger partial charge in [0.15, 0.2) is 0 Å². The number of rotatable bonds is 8. The minimum atomic E-state index is -0.456. The fraction of sp³-hybridized carbons (Fsp3) is 0.548. The van der Waals surface area contributed by atoms with Crippen LogP contribution < -0.4 is 5.73 Å². The molecule has 5 unspecified atom stereocenters. The SMILES string of the molecule is CC.CC1CC1N(C)C(C)C#N.NC(C=O)CN1C[C@@H]2CC1CN2C(c1ccc(F)cc1)c1ccc(F)cc1. The standard InChI is InChI=1S/C21H23F2N3O.C8H14N2.C2H6/c22-16-5-1-14(2-6-16)21(15-3-7-17(23)8-4-15)26-12-19-9-20(26)11-25(19)10-18(24)13-27;1-6-4-8(6)10(3)7(2)5-9;1-2/h1-8,13,18-21H,9-12,24H2;6-8H,4H2,1-3H3;1-2H3/t18?,19?,20-;;/m0../s1. The average Bonchev–Trinajstić information content (AvgIpc) is 3.36. The molecule has 6 atom stereocenters. The highest BCUT2D eigenvalue weighted by molar-refractivity contribution is 5.57. The van der Waals surface area contributed by atoms with Crippen LogP contribution in [-0.2, 0) is 4.79 Å². The number of nitrogens with two attached hydrogens (primary N) is 1. The Bertz CT molecular complexity index is 1040. The highest BCUT2D eigenvalue weighted by atomic mass is 19.1. The van der Waals surface area contributed by atoms with Crippen LogP contribution in [0.3, 0.4) is 0 Å². The maximum absolute atomic E-state index is 13.4. The van der Waals surface area contributed by atoms with Gasteiger partial charge in [0.2, 0.25) is 0 Å². The summed E-state index contributed by atoms with van der Waals surface area (Å²) in [6.07, 6.45) is 3.08. The lowest BCUT2D eigenvalue weighted by Crippen LogP contribution is -2.51. The first kappa shape index (κ1) is 30.8. The molecule has 0 aromatic heterocycles. The number of likely N-dealkylation sites (tertiary alicyclic amines) is 2. The van der Waals surface area contributed by atoms with Crippen LogP contribution in [0.25, 0.3) is 0 Å². The van der Waals surface area contributed by atoms with Crippen LogP contribution in [0.5, 0.6) is 0 Å². The first-order chi connectivity index (χ1) is 18.7. The van der Waals surface area contributed by atoms with Gasteiger partial charge in [0.25, 0.3) is 0 Å². The highest BCUT2D eigenvalue weighted by Crippen LogP contribution is 2.40. The lowest BCUT2D eigenvalue weighted by atomic mass is 9.96. The molecular formula is C31H43F2N5O. The Labute approximate surface area is 232 Å². The minimum Gasteiger partial charge on any atom is -0.321 e. The van der Waals surface area contributed by atoms with E-state index in [1.54, 1.807) is 24.3 Å². The number of aldehydes is 1. The molecule has 2 aliphatic heterocycles. The van der Waals surface area contributed by atoms with Gasteiger partial charge in [-0.3, -0.25) is 14.7 Å². The van der Waals surface area contributed by atoms with Gasteiger partial charge in [-0.05, 0) is 68.1 Å². The zero-order valence-electron chi connectivity index (χ0n) is 23.8. The molecule has 212 valence electrons. The second-order valence-electron chi connectivity index (χ2n) is 10.8. The summed E-state index contributed by atoms with van der Waals surface area (Å²) in [7, 11) is 2.03. The van der Waals surface area contributed by atoms with Gasteiger partial charge in [-0.25, -0.2) is 8.78 Å². The Morgan fingerprint density at radius 1 is 1.03 bits per heavy atom. The van der Waals surface area contributed by atoms with E-state index in [-0.39, 0.29) is 23.7 Å². The highest BCUT2D eigenvalue weighted by Gasteiger charge is 2.46. The van der Waals surface area contributed by atoms with Gasteiger partial charge in [-0.1, -0.05) is 45.0 Å². The minimum absolute atomic E-state index is 0.0527. The number of carbonyl (C=O) groups is 1. The molecule has 2 N–H and O–H groups in total. The van der Waals surface area contributed by atoms with Crippen molar-refractivity contribution in [2.24, 2.45) is 11.7 Å². The number of nitriles is 1. The number of fused-ring (bicyclic) bond motifs is 2. The van der Waals surface area contributed by atoms with E-state index < -0.39 is 6.04 Å². The summed E-state index contributed by atoms with van der Waals surface area (Å²) < 4.78 is 26.9. The first-order valence-corrected chi connectivity index (χ1v) is 14.0. The van der Waals surface area contributed by atoms with Crippen molar-refractivity contribution in [3.05, 3.63) is 71.3 Å². The van der Waals surface area contributed by atoms with Crippen molar-refractivity contribution in [3.8, 4) is 6.07 Å². The number of piperazine rings is 1. The average molecular weight is 540 g/mol. The fourth-order valence-corrected chi connectivity index (χ4v) is 5.75. The van der Waals surface area contributed by atoms with E-state index >= 15 is 0 Å². The third-order valence-electron chi connectivity index (χ3n) is 8.11. The van der Waals surface area contributed by atoms with Crippen molar-refractivity contribution in [2.75, 3.05) is 26.7 Å². The topological polar surface area (TPSA) is 76.6 Å². The fourth-order valence-electron chi connectivity index (χ4n) is 5.75. The largest absolute Gasteiger partial charge is 0.321 e. The second-order valence-corrected chi connectivity index (χ2v) is 10.8. The van der Waals surface area contributed by atoms with E-state index in [0.29, 0.717) is 24.7 Å². The van der Waals surface area contributed by atoms with E-state index in [1.807, 2.05) is 27.8 Å². The summed E-state index contributed by atoms with van der Waals surface area (Å²) in [5.41, 5.74) is 7.78. The molecule has 2 bridgehead atoms. The predicted octanol–water partition coefficient (Wildman–Crippen LogP) is 4.60. The van der Waals surface area contributed by atoms with Crippen molar-refractivity contribution in [3.63, 3.8) is 0 Å². The zero-order chi connectivity index (χ0) is 28.7. The van der Waals surface area contributed by atoms with Crippen LogP contribution in [-0.4, -0.2) is 77.9 Å². The third kappa shape index (κ3) is 7.70.